The highest BCUT2D eigenvalue weighted by atomic mass is 31.2. The summed E-state index contributed by atoms with van der Waals surface area (Å²) in [6.07, 6.45) is 0. The molecule has 36 heavy (non-hydrogen) atoms. The summed E-state index contributed by atoms with van der Waals surface area (Å²) in [5.41, 5.74) is 5.06. The fraction of sp³-hybridized carbons (Fsp3) is 0. The van der Waals surface area contributed by atoms with Gasteiger partial charge in [-0.3, -0.25) is 5.43 Å². The quantitative estimate of drug-likeness (QED) is 0.204. The molecule has 0 aliphatic rings. The number of rotatable bonds is 7. The van der Waals surface area contributed by atoms with Crippen LogP contribution in [0.5, 0.6) is 0 Å². The van der Waals surface area contributed by atoms with Crippen molar-refractivity contribution in [3.8, 4) is 0 Å². The molecule has 0 aliphatic heterocycles. The van der Waals surface area contributed by atoms with Crippen LogP contribution in [0.4, 0.5) is 16.2 Å². The Labute approximate surface area is 212 Å². The van der Waals surface area contributed by atoms with Crippen LogP contribution in [0.2, 0.25) is 0 Å². The van der Waals surface area contributed by atoms with Crippen LogP contribution >= 0.6 is 7.41 Å². The van der Waals surface area contributed by atoms with Crippen LogP contribution in [0.3, 0.4) is 0 Å². The highest BCUT2D eigenvalue weighted by Crippen LogP contribution is 2.58. The second-order valence-electron chi connectivity index (χ2n) is 8.23. The summed E-state index contributed by atoms with van der Waals surface area (Å²) in [6, 6.07) is 50.1. The molecule has 0 aromatic heterocycles. The summed E-state index contributed by atoms with van der Waals surface area (Å²) in [6.45, 7) is 0. The van der Waals surface area contributed by atoms with Crippen molar-refractivity contribution in [2.75, 3.05) is 10.7 Å². The zero-order valence-corrected chi connectivity index (χ0v) is 20.6. The molecule has 5 aromatic rings. The van der Waals surface area contributed by atoms with Crippen LogP contribution in [0, 0.1) is 0 Å². The molecule has 0 unspecified atom stereocenters. The number of amides is 2. The number of anilines is 2. The van der Waals surface area contributed by atoms with Crippen LogP contribution in [-0.2, 0) is 0 Å². The normalized spacial score (nSPS) is 10.9. The molecule has 2 N–H and O–H groups in total. The van der Waals surface area contributed by atoms with Crippen LogP contribution < -0.4 is 26.7 Å². The second kappa shape index (κ2) is 10.9. The maximum Gasteiger partial charge on any atom is 0.374 e. The van der Waals surface area contributed by atoms with Gasteiger partial charge in [0.05, 0.1) is 5.69 Å². The smallest absolute Gasteiger partial charge is 0.304 e. The van der Waals surface area contributed by atoms with Gasteiger partial charge in [-0.25, -0.2) is 4.79 Å². The number of nitrogens with zero attached hydrogens (tertiary/aromatic N) is 1. The number of nitrogens with one attached hydrogen (secondary N) is 2. The number of hydrogen-bond donors (Lipinski definition) is 2. The molecule has 0 aliphatic carbocycles. The molecule has 0 heterocycles. The molecule has 176 valence electrons. The molecule has 5 heteroatoms. The zero-order chi connectivity index (χ0) is 24.6. The van der Waals surface area contributed by atoms with E-state index in [1.807, 2.05) is 120 Å². The lowest BCUT2D eigenvalue weighted by Gasteiger charge is -2.36. The van der Waals surface area contributed by atoms with E-state index in [1.165, 1.54) is 0 Å². The van der Waals surface area contributed by atoms with E-state index < -0.39 is 7.41 Å². The fourth-order valence-corrected chi connectivity index (χ4v) is 8.31. The number of urea groups is 1. The van der Waals surface area contributed by atoms with Crippen LogP contribution in [-0.4, -0.2) is 10.8 Å². The van der Waals surface area contributed by atoms with E-state index in [-0.39, 0.29) is 6.03 Å². The van der Waals surface area contributed by atoms with Gasteiger partial charge in [-0.15, -0.1) is 0 Å². The van der Waals surface area contributed by atoms with Crippen molar-refractivity contribution in [2.45, 2.75) is 0 Å². The van der Waals surface area contributed by atoms with Crippen molar-refractivity contribution in [1.82, 2.24) is 4.78 Å². The van der Waals surface area contributed by atoms with Crippen LogP contribution in [0.25, 0.3) is 0 Å². The minimum Gasteiger partial charge on any atom is -0.304 e. The Kier molecular flexibility index (Phi) is 7.07. The summed E-state index contributed by atoms with van der Waals surface area (Å²) < 4.78 is 1.81. The average molecular weight is 489 g/mol. The molecular formula is C31H27N3OP+. The Balaban J connectivity index is 1.78. The van der Waals surface area contributed by atoms with Gasteiger partial charge in [-0.1, -0.05) is 95.8 Å². The summed E-state index contributed by atoms with van der Waals surface area (Å²) in [7, 11) is -2.71. The van der Waals surface area contributed by atoms with Crippen molar-refractivity contribution in [2.24, 2.45) is 0 Å². The number of hydrogen-bond acceptors (Lipinski definition) is 2. The topological polar surface area (TPSA) is 44.4 Å². The molecule has 0 fully saturated rings. The Bertz CT molecular complexity index is 1290. The summed E-state index contributed by atoms with van der Waals surface area (Å²) in [5.74, 6) is 0. The Morgan fingerprint density at radius 2 is 0.806 bits per heavy atom. The largest absolute Gasteiger partial charge is 0.374 e. The first-order valence-electron chi connectivity index (χ1n) is 11.8. The van der Waals surface area contributed by atoms with E-state index in [2.05, 4.69) is 47.1 Å². The Morgan fingerprint density at radius 1 is 0.472 bits per heavy atom. The van der Waals surface area contributed by atoms with Gasteiger partial charge in [-0.05, 0) is 60.7 Å². The predicted molar refractivity (Wildman–Crippen MR) is 153 cm³/mol. The molecule has 0 bridgehead atoms. The van der Waals surface area contributed by atoms with Crippen molar-refractivity contribution >= 4 is 40.7 Å². The molecule has 4 nitrogen and oxygen atoms in total. The van der Waals surface area contributed by atoms with E-state index in [9.17, 15) is 4.79 Å². The third-order valence-corrected chi connectivity index (χ3v) is 9.93. The van der Waals surface area contributed by atoms with E-state index in [1.54, 1.807) is 0 Å². The number of para-hydroxylation sites is 2. The number of hydrazine groups is 1. The lowest BCUT2D eigenvalue weighted by Crippen LogP contribution is -2.50. The van der Waals surface area contributed by atoms with Crippen LogP contribution in [0.15, 0.2) is 152 Å². The molecule has 0 saturated carbocycles. The molecule has 2 amide bonds. The summed E-state index contributed by atoms with van der Waals surface area (Å²) >= 11 is 0. The van der Waals surface area contributed by atoms with E-state index in [0.717, 1.165) is 27.3 Å². The van der Waals surface area contributed by atoms with Crippen molar-refractivity contribution in [1.29, 1.82) is 0 Å². The minimum atomic E-state index is -2.71. The van der Waals surface area contributed by atoms with E-state index in [0.29, 0.717) is 0 Å². The second-order valence-corrected chi connectivity index (χ2v) is 11.4. The molecular weight excluding hydrogens is 461 g/mol. The lowest BCUT2D eigenvalue weighted by atomic mass is 10.3. The minimum absolute atomic E-state index is 0.241. The van der Waals surface area contributed by atoms with Gasteiger partial charge < -0.3 is 5.32 Å². The predicted octanol–water partition coefficient (Wildman–Crippen LogP) is 6.46. The standard InChI is InChI=1S/C31H26N3OP/c35-31(32-26-16-6-1-7-17-26)34(33-27-18-8-2-9-19-27)36(28-20-10-3-11-21-28,29-22-12-4-13-23-29)30-24-14-5-15-25-30/h1-25,33H/p+1. The van der Waals surface area contributed by atoms with Gasteiger partial charge in [0, 0.05) is 5.69 Å². The molecule has 5 rings (SSSR count). The van der Waals surface area contributed by atoms with Gasteiger partial charge in [0.25, 0.3) is 0 Å². The van der Waals surface area contributed by atoms with E-state index >= 15 is 0 Å². The lowest BCUT2D eigenvalue weighted by molar-refractivity contribution is 0.241. The fourth-order valence-electron chi connectivity index (χ4n) is 4.32. The third-order valence-electron chi connectivity index (χ3n) is 5.92. The summed E-state index contributed by atoms with van der Waals surface area (Å²) in [4.78, 5) is 14.3. The van der Waals surface area contributed by atoms with Crippen molar-refractivity contribution in [3.63, 3.8) is 0 Å². The molecule has 0 atom stereocenters. The highest BCUT2D eigenvalue weighted by molar-refractivity contribution is 7.94. The Hall–Kier alpha value is -4.40. The molecule has 0 radical (unpaired) electrons. The van der Waals surface area contributed by atoms with Crippen molar-refractivity contribution < 1.29 is 4.79 Å². The molecule has 0 spiro atoms. The van der Waals surface area contributed by atoms with Gasteiger partial charge in [0.2, 0.25) is 7.41 Å². The van der Waals surface area contributed by atoms with Crippen LogP contribution in [0.1, 0.15) is 0 Å². The monoisotopic (exact) mass is 488 g/mol. The highest BCUT2D eigenvalue weighted by Gasteiger charge is 2.55. The van der Waals surface area contributed by atoms with Gasteiger partial charge >= 0.3 is 6.03 Å². The molecule has 5 aromatic carbocycles. The SMILES string of the molecule is O=C(Nc1ccccc1)N(Nc1ccccc1)[P+](c1ccccc1)(c1ccccc1)c1ccccc1. The maximum absolute atomic E-state index is 14.3. The van der Waals surface area contributed by atoms with Gasteiger partial charge in [-0.2, -0.15) is 0 Å². The number of benzene rings is 5. The van der Waals surface area contributed by atoms with Crippen molar-refractivity contribution in [3.05, 3.63) is 152 Å². The first-order chi connectivity index (χ1) is 17.8. The number of carbonyl (C=O) groups excluding carboxylic acids is 1. The number of carbonyl (C=O) groups is 1. The molecule has 0 saturated heterocycles. The third kappa shape index (κ3) is 4.72. The first kappa shape index (κ1) is 23.3. The van der Waals surface area contributed by atoms with Gasteiger partial charge in [0.1, 0.15) is 15.9 Å². The first-order valence-corrected chi connectivity index (χ1v) is 13.6. The maximum atomic E-state index is 14.3. The average Bonchev–Trinajstić information content (AvgIpc) is 2.96. The van der Waals surface area contributed by atoms with Gasteiger partial charge in [0.15, 0.2) is 0 Å². The van der Waals surface area contributed by atoms with E-state index in [4.69, 9.17) is 0 Å². The Morgan fingerprint density at radius 3 is 1.19 bits per heavy atom. The zero-order valence-electron chi connectivity index (χ0n) is 19.7. The summed E-state index contributed by atoms with van der Waals surface area (Å²) in [5, 5.41) is 6.32.